The molecule has 3 heteroatoms. The summed E-state index contributed by atoms with van der Waals surface area (Å²) in [7, 11) is 1.77. The van der Waals surface area contributed by atoms with Crippen LogP contribution in [0.3, 0.4) is 0 Å². The monoisotopic (exact) mass is 255 g/mol. The van der Waals surface area contributed by atoms with E-state index in [1.165, 1.54) is 0 Å². The summed E-state index contributed by atoms with van der Waals surface area (Å²) in [5, 5.41) is 9.66. The van der Waals surface area contributed by atoms with Gasteiger partial charge in [0.05, 0.1) is 6.42 Å². The zero-order chi connectivity index (χ0) is 13.7. The summed E-state index contributed by atoms with van der Waals surface area (Å²) in [6.45, 7) is 0.577. The summed E-state index contributed by atoms with van der Waals surface area (Å²) in [6, 6.07) is 16.8. The van der Waals surface area contributed by atoms with Gasteiger partial charge in [-0.15, -0.1) is 0 Å². The lowest BCUT2D eigenvalue weighted by atomic mass is 10.1. The van der Waals surface area contributed by atoms with Gasteiger partial charge in [0.1, 0.15) is 5.75 Å². The Balaban J connectivity index is 1.99. The maximum atomic E-state index is 12.1. The number of carbonyl (C=O) groups excluding carboxylic acids is 1. The van der Waals surface area contributed by atoms with Crippen molar-refractivity contribution in [3.8, 4) is 5.75 Å². The number of likely N-dealkylation sites (N-methyl/N-ethyl adjacent to an activating group) is 1. The third-order valence-electron chi connectivity index (χ3n) is 3.02. The van der Waals surface area contributed by atoms with Gasteiger partial charge in [0.2, 0.25) is 5.91 Å². The van der Waals surface area contributed by atoms with Gasteiger partial charge in [0.15, 0.2) is 0 Å². The van der Waals surface area contributed by atoms with E-state index in [0.29, 0.717) is 12.1 Å². The van der Waals surface area contributed by atoms with Crippen molar-refractivity contribution < 1.29 is 9.90 Å². The standard InChI is InChI=1S/C16H17NO2/c1-17(12-13-7-3-2-4-8-13)16(19)11-14-9-5-6-10-15(14)18/h2-10,18H,11-12H2,1H3. The number of amides is 1. The molecule has 2 rings (SSSR count). The van der Waals surface area contributed by atoms with Crippen LogP contribution in [0.5, 0.6) is 5.75 Å². The zero-order valence-corrected chi connectivity index (χ0v) is 10.9. The second kappa shape index (κ2) is 6.05. The van der Waals surface area contributed by atoms with Crippen LogP contribution in [-0.2, 0) is 17.8 Å². The normalized spacial score (nSPS) is 10.2. The molecule has 1 amide bonds. The van der Waals surface area contributed by atoms with Gasteiger partial charge in [-0.3, -0.25) is 4.79 Å². The van der Waals surface area contributed by atoms with Crippen LogP contribution in [-0.4, -0.2) is 23.0 Å². The first-order valence-electron chi connectivity index (χ1n) is 6.21. The van der Waals surface area contributed by atoms with E-state index < -0.39 is 0 Å². The maximum absolute atomic E-state index is 12.1. The molecule has 19 heavy (non-hydrogen) atoms. The maximum Gasteiger partial charge on any atom is 0.227 e. The highest BCUT2D eigenvalue weighted by Crippen LogP contribution is 2.17. The van der Waals surface area contributed by atoms with Crippen molar-refractivity contribution in [1.29, 1.82) is 0 Å². The smallest absolute Gasteiger partial charge is 0.227 e. The number of benzene rings is 2. The molecular weight excluding hydrogens is 238 g/mol. The third kappa shape index (κ3) is 3.58. The van der Waals surface area contributed by atoms with Crippen LogP contribution in [0, 0.1) is 0 Å². The first-order chi connectivity index (χ1) is 9.16. The van der Waals surface area contributed by atoms with Crippen LogP contribution in [0.1, 0.15) is 11.1 Å². The topological polar surface area (TPSA) is 40.5 Å². The van der Waals surface area contributed by atoms with Crippen LogP contribution in [0.2, 0.25) is 0 Å². The molecule has 0 heterocycles. The predicted molar refractivity (Wildman–Crippen MR) is 74.7 cm³/mol. The van der Waals surface area contributed by atoms with E-state index in [4.69, 9.17) is 0 Å². The Morgan fingerprint density at radius 3 is 2.37 bits per heavy atom. The highest BCUT2D eigenvalue weighted by molar-refractivity contribution is 5.79. The van der Waals surface area contributed by atoms with Crippen LogP contribution < -0.4 is 0 Å². The molecule has 0 aliphatic rings. The molecule has 1 N–H and O–H groups in total. The molecule has 3 nitrogen and oxygen atoms in total. The number of phenols is 1. The molecular formula is C16H17NO2. The molecule has 0 saturated carbocycles. The van der Waals surface area contributed by atoms with Gasteiger partial charge in [0, 0.05) is 19.2 Å². The third-order valence-corrected chi connectivity index (χ3v) is 3.02. The number of phenolic OH excluding ortho intramolecular Hbond substituents is 1. The second-order valence-electron chi connectivity index (χ2n) is 4.54. The number of para-hydroxylation sites is 1. The summed E-state index contributed by atoms with van der Waals surface area (Å²) in [4.78, 5) is 13.8. The summed E-state index contributed by atoms with van der Waals surface area (Å²) in [6.07, 6.45) is 0.218. The van der Waals surface area contributed by atoms with Crippen LogP contribution >= 0.6 is 0 Å². The summed E-state index contributed by atoms with van der Waals surface area (Å²) < 4.78 is 0. The molecule has 0 saturated heterocycles. The van der Waals surface area contributed by atoms with Gasteiger partial charge in [-0.2, -0.15) is 0 Å². The number of carbonyl (C=O) groups is 1. The van der Waals surface area contributed by atoms with Crippen molar-refractivity contribution in [2.75, 3.05) is 7.05 Å². The molecule has 0 fully saturated rings. The molecule has 0 atom stereocenters. The van der Waals surface area contributed by atoms with Crippen molar-refractivity contribution in [2.24, 2.45) is 0 Å². The minimum absolute atomic E-state index is 0.00893. The second-order valence-corrected chi connectivity index (χ2v) is 4.54. The number of hydrogen-bond donors (Lipinski definition) is 1. The molecule has 0 aliphatic heterocycles. The highest BCUT2D eigenvalue weighted by Gasteiger charge is 2.12. The SMILES string of the molecule is CN(Cc1ccccc1)C(=O)Cc1ccccc1O. The van der Waals surface area contributed by atoms with Crippen LogP contribution in [0.4, 0.5) is 0 Å². The molecule has 2 aromatic rings. The van der Waals surface area contributed by atoms with Gasteiger partial charge in [-0.1, -0.05) is 48.5 Å². The van der Waals surface area contributed by atoms with Crippen molar-refractivity contribution in [1.82, 2.24) is 4.90 Å². The minimum atomic E-state index is -0.00893. The van der Waals surface area contributed by atoms with Gasteiger partial charge < -0.3 is 10.0 Å². The lowest BCUT2D eigenvalue weighted by Crippen LogP contribution is -2.27. The fraction of sp³-hybridized carbons (Fsp3) is 0.188. The molecule has 0 aliphatic carbocycles. The Bertz CT molecular complexity index is 552. The Kier molecular flexibility index (Phi) is 4.18. The van der Waals surface area contributed by atoms with Gasteiger partial charge >= 0.3 is 0 Å². The van der Waals surface area contributed by atoms with Crippen molar-refractivity contribution >= 4 is 5.91 Å². The minimum Gasteiger partial charge on any atom is -0.508 e. The van der Waals surface area contributed by atoms with E-state index in [0.717, 1.165) is 5.56 Å². The summed E-state index contributed by atoms with van der Waals surface area (Å²) >= 11 is 0. The van der Waals surface area contributed by atoms with Gasteiger partial charge in [-0.05, 0) is 11.6 Å². The molecule has 98 valence electrons. The summed E-state index contributed by atoms with van der Waals surface area (Å²) in [5.74, 6) is 0.161. The van der Waals surface area contributed by atoms with Crippen molar-refractivity contribution in [3.63, 3.8) is 0 Å². The molecule has 0 unspecified atom stereocenters. The van der Waals surface area contributed by atoms with Gasteiger partial charge in [-0.25, -0.2) is 0 Å². The van der Waals surface area contributed by atoms with Crippen LogP contribution in [0.15, 0.2) is 54.6 Å². The van der Waals surface area contributed by atoms with E-state index in [2.05, 4.69) is 0 Å². The number of aromatic hydroxyl groups is 1. The number of rotatable bonds is 4. The average Bonchev–Trinajstić information content (AvgIpc) is 2.42. The fourth-order valence-electron chi connectivity index (χ4n) is 1.90. The Morgan fingerprint density at radius 2 is 1.68 bits per heavy atom. The first-order valence-corrected chi connectivity index (χ1v) is 6.21. The number of hydrogen-bond acceptors (Lipinski definition) is 2. The van der Waals surface area contributed by atoms with E-state index in [1.54, 1.807) is 30.1 Å². The number of nitrogens with zero attached hydrogens (tertiary/aromatic N) is 1. The highest BCUT2D eigenvalue weighted by atomic mass is 16.3. The molecule has 2 aromatic carbocycles. The Morgan fingerprint density at radius 1 is 1.05 bits per heavy atom. The Labute approximate surface area is 113 Å². The van der Waals surface area contributed by atoms with Crippen LogP contribution in [0.25, 0.3) is 0 Å². The lowest BCUT2D eigenvalue weighted by molar-refractivity contribution is -0.129. The fourth-order valence-corrected chi connectivity index (χ4v) is 1.90. The Hall–Kier alpha value is -2.29. The largest absolute Gasteiger partial charge is 0.508 e. The van der Waals surface area contributed by atoms with Crippen molar-refractivity contribution in [3.05, 3.63) is 65.7 Å². The molecule has 0 radical (unpaired) electrons. The zero-order valence-electron chi connectivity index (χ0n) is 10.9. The summed E-state index contributed by atoms with van der Waals surface area (Å²) in [5.41, 5.74) is 1.75. The van der Waals surface area contributed by atoms with E-state index >= 15 is 0 Å². The molecule has 0 spiro atoms. The van der Waals surface area contributed by atoms with Gasteiger partial charge in [0.25, 0.3) is 0 Å². The van der Waals surface area contributed by atoms with E-state index in [-0.39, 0.29) is 18.1 Å². The first kappa shape index (κ1) is 13.1. The molecule has 0 aromatic heterocycles. The molecule has 0 bridgehead atoms. The predicted octanol–water partition coefficient (Wildman–Crippen LogP) is 2.59. The quantitative estimate of drug-likeness (QED) is 0.912. The average molecular weight is 255 g/mol. The van der Waals surface area contributed by atoms with Crippen molar-refractivity contribution in [2.45, 2.75) is 13.0 Å². The lowest BCUT2D eigenvalue weighted by Gasteiger charge is -2.17. The van der Waals surface area contributed by atoms with E-state index in [1.807, 2.05) is 36.4 Å². The van der Waals surface area contributed by atoms with E-state index in [9.17, 15) is 9.90 Å².